The van der Waals surface area contributed by atoms with Crippen LogP contribution in [0.5, 0.6) is 0 Å². The van der Waals surface area contributed by atoms with Crippen LogP contribution in [0.4, 0.5) is 10.2 Å². The van der Waals surface area contributed by atoms with E-state index in [0.717, 1.165) is 39.4 Å². The monoisotopic (exact) mass is 458 g/mol. The summed E-state index contributed by atoms with van der Waals surface area (Å²) in [7, 11) is 3.77. The molecular weight excluding hydrogens is 423 g/mol. The van der Waals surface area contributed by atoms with Crippen molar-refractivity contribution in [1.82, 2.24) is 10.3 Å². The number of nitrogens with two attached hydrogens (primary N) is 1. The summed E-state index contributed by atoms with van der Waals surface area (Å²) >= 11 is 1.46. The fourth-order valence-electron chi connectivity index (χ4n) is 2.52. The summed E-state index contributed by atoms with van der Waals surface area (Å²) in [6.07, 6.45) is 10.6. The molecule has 0 spiro atoms. The molecule has 0 saturated carbocycles. The maximum absolute atomic E-state index is 10.7. The third-order valence-corrected chi connectivity index (χ3v) is 5.45. The SMILES string of the molecule is C/C=C(\C)CC(CN)NC.C=C/C=C/F.C=Cc1c(-c2ccc(C=O)s2)ccnc1NC. The number of hydrogen-bond acceptors (Lipinski definition) is 6. The van der Waals surface area contributed by atoms with Gasteiger partial charge in [0.2, 0.25) is 0 Å². The lowest BCUT2D eigenvalue weighted by Crippen LogP contribution is -2.33. The second-order valence-electron chi connectivity index (χ2n) is 6.51. The Morgan fingerprint density at radius 3 is 2.44 bits per heavy atom. The molecule has 2 rings (SSSR count). The van der Waals surface area contributed by atoms with Gasteiger partial charge in [-0.05, 0) is 51.6 Å². The van der Waals surface area contributed by atoms with Crippen LogP contribution in [0.2, 0.25) is 0 Å². The maximum Gasteiger partial charge on any atom is 0.160 e. The molecule has 0 fully saturated rings. The minimum absolute atomic E-state index is 0.438. The highest BCUT2D eigenvalue weighted by Crippen LogP contribution is 2.33. The second kappa shape index (κ2) is 17.8. The summed E-state index contributed by atoms with van der Waals surface area (Å²) in [5.41, 5.74) is 8.88. The molecule has 2 aromatic heterocycles. The molecule has 5 nitrogen and oxygen atoms in total. The zero-order valence-corrected chi connectivity index (χ0v) is 20.2. The Hall–Kier alpha value is -2.87. The minimum atomic E-state index is 0.438. The molecule has 0 aliphatic rings. The molecule has 0 radical (unpaired) electrons. The average molecular weight is 459 g/mol. The van der Waals surface area contributed by atoms with Crippen LogP contribution in [0.25, 0.3) is 16.5 Å². The molecule has 174 valence electrons. The molecule has 2 aromatic rings. The number of pyridine rings is 1. The molecule has 7 heteroatoms. The van der Waals surface area contributed by atoms with E-state index in [-0.39, 0.29) is 0 Å². The van der Waals surface area contributed by atoms with Gasteiger partial charge in [-0.25, -0.2) is 9.37 Å². The number of carbonyl (C=O) groups is 1. The second-order valence-corrected chi connectivity index (χ2v) is 7.62. The van der Waals surface area contributed by atoms with Crippen molar-refractivity contribution in [2.24, 2.45) is 5.73 Å². The average Bonchev–Trinajstić information content (AvgIpc) is 3.32. The fraction of sp³-hybridized carbons (Fsp3) is 0.280. The number of allylic oxidation sites excluding steroid dienone is 3. The third-order valence-electron chi connectivity index (χ3n) is 4.40. The van der Waals surface area contributed by atoms with Gasteiger partial charge in [-0.2, -0.15) is 0 Å². The van der Waals surface area contributed by atoms with Crippen LogP contribution in [-0.4, -0.2) is 38.0 Å². The number of aldehydes is 1. The smallest absolute Gasteiger partial charge is 0.160 e. The van der Waals surface area contributed by atoms with Gasteiger partial charge in [0, 0.05) is 41.8 Å². The minimum Gasteiger partial charge on any atom is -0.373 e. The van der Waals surface area contributed by atoms with Crippen molar-refractivity contribution in [3.8, 4) is 10.4 Å². The number of halogens is 1. The van der Waals surface area contributed by atoms with Crippen LogP contribution in [-0.2, 0) is 0 Å². The van der Waals surface area contributed by atoms with E-state index in [9.17, 15) is 9.18 Å². The topological polar surface area (TPSA) is 80.0 Å². The first-order chi connectivity index (χ1) is 15.4. The number of rotatable bonds is 9. The van der Waals surface area contributed by atoms with Gasteiger partial charge < -0.3 is 16.4 Å². The molecule has 0 saturated heterocycles. The molecule has 0 aliphatic heterocycles. The molecule has 1 atom stereocenters. The maximum atomic E-state index is 10.7. The Kier molecular flexibility index (Phi) is 16.2. The summed E-state index contributed by atoms with van der Waals surface area (Å²) < 4.78 is 10.7. The van der Waals surface area contributed by atoms with Crippen LogP contribution >= 0.6 is 11.3 Å². The van der Waals surface area contributed by atoms with Gasteiger partial charge in [0.25, 0.3) is 0 Å². The van der Waals surface area contributed by atoms with Crippen molar-refractivity contribution >= 4 is 29.5 Å². The number of nitrogens with one attached hydrogen (secondary N) is 2. The largest absolute Gasteiger partial charge is 0.373 e. The van der Waals surface area contributed by atoms with E-state index in [1.54, 1.807) is 12.3 Å². The molecular formula is C25H35FN4OS. The Bertz CT molecular complexity index is 886. The third kappa shape index (κ3) is 10.4. The number of aromatic nitrogens is 1. The highest BCUT2D eigenvalue weighted by Gasteiger charge is 2.09. The van der Waals surface area contributed by atoms with E-state index >= 15 is 0 Å². The van der Waals surface area contributed by atoms with Gasteiger partial charge in [-0.3, -0.25) is 4.79 Å². The molecule has 1 unspecified atom stereocenters. The van der Waals surface area contributed by atoms with E-state index in [2.05, 4.69) is 48.7 Å². The van der Waals surface area contributed by atoms with E-state index in [4.69, 9.17) is 5.73 Å². The lowest BCUT2D eigenvalue weighted by atomic mass is 10.1. The van der Waals surface area contributed by atoms with Gasteiger partial charge in [-0.15, -0.1) is 11.3 Å². The van der Waals surface area contributed by atoms with Crippen molar-refractivity contribution in [2.75, 3.05) is 26.0 Å². The van der Waals surface area contributed by atoms with Crippen molar-refractivity contribution in [3.63, 3.8) is 0 Å². The molecule has 32 heavy (non-hydrogen) atoms. The van der Waals surface area contributed by atoms with Crippen molar-refractivity contribution in [1.29, 1.82) is 0 Å². The van der Waals surface area contributed by atoms with Gasteiger partial charge in [0.05, 0.1) is 11.2 Å². The predicted octanol–water partition coefficient (Wildman–Crippen LogP) is 5.85. The highest BCUT2D eigenvalue weighted by atomic mass is 32.1. The van der Waals surface area contributed by atoms with Crippen LogP contribution in [0, 0.1) is 0 Å². The van der Waals surface area contributed by atoms with Crippen molar-refractivity contribution in [3.05, 3.63) is 78.1 Å². The number of anilines is 1. The Morgan fingerprint density at radius 1 is 1.31 bits per heavy atom. The molecule has 0 aliphatic carbocycles. The van der Waals surface area contributed by atoms with Crippen molar-refractivity contribution < 1.29 is 9.18 Å². The van der Waals surface area contributed by atoms with E-state index < -0.39 is 0 Å². The number of carbonyl (C=O) groups excluding carboxylic acids is 1. The van der Waals surface area contributed by atoms with Crippen LogP contribution < -0.4 is 16.4 Å². The quantitative estimate of drug-likeness (QED) is 0.249. The number of thiophene rings is 1. The van der Waals surface area contributed by atoms with Gasteiger partial charge in [-0.1, -0.05) is 37.0 Å². The standard InChI is InChI=1S/C13H12N2OS.C8H18N2.C4H5F/c1-3-10-11(6-7-15-13(10)14-2)12-5-4-9(8-16)17-12;1-4-7(2)5-8(6-9)10-3;1-2-3-4-5/h3-8H,1H2,2H3,(H,14,15);4,8,10H,5-6,9H2,1-3H3;2-4H,1H2/b;7-4+;4-3+. The molecule has 0 bridgehead atoms. The van der Waals surface area contributed by atoms with Crippen LogP contribution in [0.1, 0.15) is 35.5 Å². The summed E-state index contributed by atoms with van der Waals surface area (Å²) in [4.78, 5) is 16.7. The van der Waals surface area contributed by atoms with E-state index in [0.29, 0.717) is 18.9 Å². The van der Waals surface area contributed by atoms with Crippen LogP contribution in [0.3, 0.4) is 0 Å². The summed E-state index contributed by atoms with van der Waals surface area (Å²) in [5, 5.41) is 6.18. The lowest BCUT2D eigenvalue weighted by molar-refractivity contribution is 0.112. The van der Waals surface area contributed by atoms with Gasteiger partial charge in [0.15, 0.2) is 6.29 Å². The van der Waals surface area contributed by atoms with E-state index in [1.807, 2.05) is 32.3 Å². The van der Waals surface area contributed by atoms with Crippen LogP contribution in [0.15, 0.2) is 67.7 Å². The first kappa shape index (κ1) is 29.1. The summed E-state index contributed by atoms with van der Waals surface area (Å²) in [6.45, 7) is 11.9. The Balaban J connectivity index is 0.000000545. The molecule has 2 heterocycles. The Labute approximate surface area is 195 Å². The lowest BCUT2D eigenvalue weighted by Gasteiger charge is -2.12. The fourth-order valence-corrected chi connectivity index (χ4v) is 3.38. The van der Waals surface area contributed by atoms with Gasteiger partial charge in [0.1, 0.15) is 5.82 Å². The van der Waals surface area contributed by atoms with Gasteiger partial charge >= 0.3 is 0 Å². The predicted molar refractivity (Wildman–Crippen MR) is 139 cm³/mol. The number of hydrogen-bond donors (Lipinski definition) is 3. The summed E-state index contributed by atoms with van der Waals surface area (Å²) in [6, 6.07) is 6.13. The molecule has 0 aromatic carbocycles. The highest BCUT2D eigenvalue weighted by molar-refractivity contribution is 7.17. The number of nitrogens with zero attached hydrogens (tertiary/aromatic N) is 1. The Morgan fingerprint density at radius 2 is 2.03 bits per heavy atom. The molecule has 0 amide bonds. The first-order valence-corrected chi connectivity index (χ1v) is 11.0. The van der Waals surface area contributed by atoms with Crippen molar-refractivity contribution in [2.45, 2.75) is 26.3 Å². The molecule has 4 N–H and O–H groups in total. The summed E-state index contributed by atoms with van der Waals surface area (Å²) in [5.74, 6) is 0.790. The first-order valence-electron chi connectivity index (χ1n) is 10.2. The zero-order chi connectivity index (χ0) is 24.4. The number of likely N-dealkylation sites (N-methyl/N-ethyl adjacent to an activating group) is 1. The normalized spacial score (nSPS) is 11.5. The van der Waals surface area contributed by atoms with E-state index in [1.165, 1.54) is 29.1 Å². The zero-order valence-electron chi connectivity index (χ0n) is 19.4.